The molecule has 0 saturated carbocycles. The first-order valence-corrected chi connectivity index (χ1v) is 7.31. The molecular formula is C14H21BrO3. The van der Waals surface area contributed by atoms with Gasteiger partial charge >= 0.3 is 0 Å². The maximum absolute atomic E-state index is 10.2. The van der Waals surface area contributed by atoms with Gasteiger partial charge in [0.2, 0.25) is 0 Å². The third-order valence-electron chi connectivity index (χ3n) is 2.91. The van der Waals surface area contributed by atoms with Gasteiger partial charge in [-0.1, -0.05) is 28.8 Å². The average molecular weight is 317 g/mol. The number of rotatable bonds is 8. The fraction of sp³-hybridized carbons (Fsp3) is 0.571. The molecule has 18 heavy (non-hydrogen) atoms. The molecule has 0 saturated heterocycles. The highest BCUT2D eigenvalue weighted by atomic mass is 79.9. The summed E-state index contributed by atoms with van der Waals surface area (Å²) >= 11 is 3.40. The first-order chi connectivity index (χ1) is 8.72. The first-order valence-electron chi connectivity index (χ1n) is 6.19. The Bertz CT molecular complexity index is 355. The quantitative estimate of drug-likeness (QED) is 0.587. The SMILES string of the molecule is COc1ccc(C(O)CCCCCBr)c(OC)c1. The third-order valence-corrected chi connectivity index (χ3v) is 3.47. The van der Waals surface area contributed by atoms with E-state index in [-0.39, 0.29) is 0 Å². The molecule has 1 aromatic carbocycles. The second kappa shape index (κ2) is 8.38. The summed E-state index contributed by atoms with van der Waals surface area (Å²) in [7, 11) is 3.22. The van der Waals surface area contributed by atoms with E-state index in [1.807, 2.05) is 12.1 Å². The Morgan fingerprint density at radius 3 is 2.56 bits per heavy atom. The molecule has 3 nitrogen and oxygen atoms in total. The molecule has 0 bridgehead atoms. The van der Waals surface area contributed by atoms with Crippen LogP contribution in [-0.4, -0.2) is 24.7 Å². The Balaban J connectivity index is 2.63. The van der Waals surface area contributed by atoms with Gasteiger partial charge in [0, 0.05) is 17.0 Å². The zero-order chi connectivity index (χ0) is 13.4. The van der Waals surface area contributed by atoms with Crippen molar-refractivity contribution in [1.82, 2.24) is 0 Å². The van der Waals surface area contributed by atoms with Crippen molar-refractivity contribution in [3.8, 4) is 11.5 Å². The third kappa shape index (κ3) is 4.50. The van der Waals surface area contributed by atoms with E-state index >= 15 is 0 Å². The van der Waals surface area contributed by atoms with Crippen LogP contribution in [0.25, 0.3) is 0 Å². The number of unbranched alkanes of at least 4 members (excludes halogenated alkanes) is 2. The van der Waals surface area contributed by atoms with E-state index in [0.29, 0.717) is 5.75 Å². The first kappa shape index (κ1) is 15.3. The number of alkyl halides is 1. The highest BCUT2D eigenvalue weighted by Crippen LogP contribution is 2.31. The second-order valence-corrected chi connectivity index (χ2v) is 4.95. The molecule has 0 aliphatic rings. The number of halogens is 1. The summed E-state index contributed by atoms with van der Waals surface area (Å²) in [5.41, 5.74) is 0.831. The van der Waals surface area contributed by atoms with Crippen LogP contribution in [0.2, 0.25) is 0 Å². The van der Waals surface area contributed by atoms with Crippen LogP contribution in [0, 0.1) is 0 Å². The fourth-order valence-corrected chi connectivity index (χ4v) is 2.25. The monoisotopic (exact) mass is 316 g/mol. The molecule has 0 radical (unpaired) electrons. The van der Waals surface area contributed by atoms with Crippen molar-refractivity contribution in [2.45, 2.75) is 31.8 Å². The summed E-state index contributed by atoms with van der Waals surface area (Å²) in [4.78, 5) is 0. The van der Waals surface area contributed by atoms with Crippen LogP contribution in [0.5, 0.6) is 11.5 Å². The van der Waals surface area contributed by atoms with Gasteiger partial charge < -0.3 is 14.6 Å². The number of aliphatic hydroxyl groups is 1. The molecule has 1 rings (SSSR count). The lowest BCUT2D eigenvalue weighted by Gasteiger charge is -2.15. The van der Waals surface area contributed by atoms with Gasteiger partial charge in [0.15, 0.2) is 0 Å². The zero-order valence-electron chi connectivity index (χ0n) is 11.0. The summed E-state index contributed by atoms with van der Waals surface area (Å²) in [5, 5.41) is 11.2. The summed E-state index contributed by atoms with van der Waals surface area (Å²) in [6.45, 7) is 0. The molecule has 1 atom stereocenters. The van der Waals surface area contributed by atoms with Crippen molar-refractivity contribution in [3.05, 3.63) is 23.8 Å². The molecule has 4 heteroatoms. The van der Waals surface area contributed by atoms with E-state index in [2.05, 4.69) is 15.9 Å². The van der Waals surface area contributed by atoms with E-state index in [4.69, 9.17) is 9.47 Å². The lowest BCUT2D eigenvalue weighted by Crippen LogP contribution is -2.01. The maximum atomic E-state index is 10.2. The molecule has 0 aliphatic carbocycles. The van der Waals surface area contributed by atoms with E-state index < -0.39 is 6.10 Å². The molecule has 0 spiro atoms. The van der Waals surface area contributed by atoms with Crippen LogP contribution in [0.4, 0.5) is 0 Å². The molecule has 102 valence electrons. The Kier molecular flexibility index (Phi) is 7.13. The minimum Gasteiger partial charge on any atom is -0.497 e. The van der Waals surface area contributed by atoms with Crippen molar-refractivity contribution in [2.75, 3.05) is 19.5 Å². The summed E-state index contributed by atoms with van der Waals surface area (Å²) < 4.78 is 10.4. The van der Waals surface area contributed by atoms with E-state index in [1.54, 1.807) is 20.3 Å². The number of hydrogen-bond donors (Lipinski definition) is 1. The van der Waals surface area contributed by atoms with E-state index in [0.717, 1.165) is 42.3 Å². The summed E-state index contributed by atoms with van der Waals surface area (Å²) in [5.74, 6) is 1.42. The van der Waals surface area contributed by atoms with Crippen LogP contribution >= 0.6 is 15.9 Å². The predicted molar refractivity (Wildman–Crippen MR) is 76.8 cm³/mol. The van der Waals surface area contributed by atoms with Crippen LogP contribution in [0.1, 0.15) is 37.4 Å². The molecule has 0 aliphatic heterocycles. The molecule has 0 fully saturated rings. The molecule has 0 amide bonds. The molecular weight excluding hydrogens is 296 g/mol. The lowest BCUT2D eigenvalue weighted by atomic mass is 10.0. The van der Waals surface area contributed by atoms with Gasteiger partial charge in [-0.15, -0.1) is 0 Å². The van der Waals surface area contributed by atoms with E-state index in [9.17, 15) is 5.11 Å². The van der Waals surface area contributed by atoms with E-state index in [1.165, 1.54) is 0 Å². The Labute approximate surface area is 117 Å². The predicted octanol–water partition coefficient (Wildman–Crippen LogP) is 3.69. The molecule has 1 unspecified atom stereocenters. The summed E-state index contributed by atoms with van der Waals surface area (Å²) in [6, 6.07) is 5.52. The van der Waals surface area contributed by atoms with Gasteiger partial charge in [-0.05, 0) is 25.0 Å². The van der Waals surface area contributed by atoms with Crippen molar-refractivity contribution < 1.29 is 14.6 Å². The highest BCUT2D eigenvalue weighted by Gasteiger charge is 2.13. The van der Waals surface area contributed by atoms with Crippen molar-refractivity contribution in [2.24, 2.45) is 0 Å². The van der Waals surface area contributed by atoms with Crippen LogP contribution in [0.3, 0.4) is 0 Å². The Morgan fingerprint density at radius 1 is 1.17 bits per heavy atom. The smallest absolute Gasteiger partial charge is 0.128 e. The standard InChI is InChI=1S/C14H21BrO3/c1-17-11-7-8-12(14(10-11)18-2)13(16)6-4-3-5-9-15/h7-8,10,13,16H,3-6,9H2,1-2H3. The van der Waals surface area contributed by atoms with Crippen molar-refractivity contribution in [1.29, 1.82) is 0 Å². The number of ether oxygens (including phenoxy) is 2. The molecule has 0 heterocycles. The topological polar surface area (TPSA) is 38.7 Å². The Morgan fingerprint density at radius 2 is 1.94 bits per heavy atom. The van der Waals surface area contributed by atoms with Crippen LogP contribution in [0.15, 0.2) is 18.2 Å². The minimum atomic E-state index is -0.471. The van der Waals surface area contributed by atoms with Crippen LogP contribution < -0.4 is 9.47 Å². The molecule has 1 N–H and O–H groups in total. The minimum absolute atomic E-state index is 0.471. The number of hydrogen-bond acceptors (Lipinski definition) is 3. The molecule has 1 aromatic rings. The van der Waals surface area contributed by atoms with Crippen molar-refractivity contribution in [3.63, 3.8) is 0 Å². The van der Waals surface area contributed by atoms with Gasteiger partial charge in [0.05, 0.1) is 20.3 Å². The summed E-state index contributed by atoms with van der Waals surface area (Å²) in [6.07, 6.45) is 3.58. The fourth-order valence-electron chi connectivity index (χ4n) is 1.86. The number of benzene rings is 1. The molecule has 0 aromatic heterocycles. The largest absolute Gasteiger partial charge is 0.497 e. The maximum Gasteiger partial charge on any atom is 0.128 e. The van der Waals surface area contributed by atoms with Gasteiger partial charge in [0.25, 0.3) is 0 Å². The average Bonchev–Trinajstić information content (AvgIpc) is 2.42. The van der Waals surface area contributed by atoms with Crippen molar-refractivity contribution >= 4 is 15.9 Å². The zero-order valence-corrected chi connectivity index (χ0v) is 12.6. The highest BCUT2D eigenvalue weighted by molar-refractivity contribution is 9.09. The van der Waals surface area contributed by atoms with Gasteiger partial charge in [-0.25, -0.2) is 0 Å². The van der Waals surface area contributed by atoms with Crippen LogP contribution in [-0.2, 0) is 0 Å². The normalized spacial score (nSPS) is 12.2. The van der Waals surface area contributed by atoms with Gasteiger partial charge in [-0.3, -0.25) is 0 Å². The van der Waals surface area contributed by atoms with Gasteiger partial charge in [-0.2, -0.15) is 0 Å². The van der Waals surface area contributed by atoms with Gasteiger partial charge in [0.1, 0.15) is 11.5 Å². The number of methoxy groups -OCH3 is 2. The Hall–Kier alpha value is -0.740. The number of aliphatic hydroxyl groups excluding tert-OH is 1. The second-order valence-electron chi connectivity index (χ2n) is 4.16. The lowest BCUT2D eigenvalue weighted by molar-refractivity contribution is 0.159.